The van der Waals surface area contributed by atoms with Crippen molar-refractivity contribution in [3.05, 3.63) is 11.4 Å². The quantitative estimate of drug-likeness (QED) is 0.878. The Morgan fingerprint density at radius 2 is 1.89 bits per heavy atom. The third kappa shape index (κ3) is 3.35. The first-order valence-corrected chi connectivity index (χ1v) is 6.85. The molecule has 1 saturated heterocycles. The predicted molar refractivity (Wildman–Crippen MR) is 77.7 cm³/mol. The number of rotatable bonds is 3. The second-order valence-electron chi connectivity index (χ2n) is 5.79. The van der Waals surface area contributed by atoms with Gasteiger partial charge in [0.25, 0.3) is 0 Å². The summed E-state index contributed by atoms with van der Waals surface area (Å²) in [5.74, 6) is 2.60. The highest BCUT2D eigenvalue weighted by Gasteiger charge is 2.29. The predicted octanol–water partition coefficient (Wildman–Crippen LogP) is 2.50. The Morgan fingerprint density at radius 1 is 1.21 bits per heavy atom. The van der Waals surface area contributed by atoms with Crippen molar-refractivity contribution < 1.29 is 4.74 Å². The van der Waals surface area contributed by atoms with Crippen LogP contribution in [0.2, 0.25) is 0 Å². The minimum absolute atomic E-state index is 0.0578. The van der Waals surface area contributed by atoms with Crippen molar-refractivity contribution in [1.29, 1.82) is 0 Å². The van der Waals surface area contributed by atoms with Crippen molar-refractivity contribution in [2.75, 3.05) is 24.3 Å². The zero-order valence-electron chi connectivity index (χ0n) is 12.5. The molecule has 1 aliphatic rings. The lowest BCUT2D eigenvalue weighted by atomic mass is 9.94. The average Bonchev–Trinajstić information content (AvgIpc) is 2.32. The van der Waals surface area contributed by atoms with Gasteiger partial charge in [-0.2, -0.15) is 0 Å². The van der Waals surface area contributed by atoms with Crippen molar-refractivity contribution in [3.8, 4) is 0 Å². The molecule has 5 nitrogen and oxygen atoms in total. The van der Waals surface area contributed by atoms with Crippen molar-refractivity contribution in [1.82, 2.24) is 9.97 Å². The second kappa shape index (κ2) is 5.33. The monoisotopic (exact) mass is 264 g/mol. The van der Waals surface area contributed by atoms with Crippen LogP contribution < -0.4 is 10.6 Å². The number of nitrogens with zero attached hydrogens (tertiary/aromatic N) is 2. The van der Waals surface area contributed by atoms with E-state index in [1.807, 2.05) is 20.9 Å². The van der Waals surface area contributed by atoms with Gasteiger partial charge in [0.15, 0.2) is 0 Å². The van der Waals surface area contributed by atoms with Gasteiger partial charge in [-0.15, -0.1) is 0 Å². The highest BCUT2D eigenvalue weighted by atomic mass is 16.5. The summed E-state index contributed by atoms with van der Waals surface area (Å²) < 4.78 is 5.75. The highest BCUT2D eigenvalue weighted by Crippen LogP contribution is 2.28. The minimum Gasteiger partial charge on any atom is -0.375 e. The van der Waals surface area contributed by atoms with E-state index >= 15 is 0 Å². The van der Waals surface area contributed by atoms with E-state index < -0.39 is 0 Å². The lowest BCUT2D eigenvalue weighted by Crippen LogP contribution is -2.40. The molecule has 0 aliphatic carbocycles. The molecular weight excluding hydrogens is 240 g/mol. The van der Waals surface area contributed by atoms with Gasteiger partial charge in [0.05, 0.1) is 5.60 Å². The molecule has 0 amide bonds. The van der Waals surface area contributed by atoms with Crippen molar-refractivity contribution in [2.24, 2.45) is 0 Å². The van der Waals surface area contributed by atoms with E-state index in [1.54, 1.807) is 0 Å². The van der Waals surface area contributed by atoms with Gasteiger partial charge in [-0.05, 0) is 40.5 Å². The van der Waals surface area contributed by atoms with Gasteiger partial charge in [-0.25, -0.2) is 9.97 Å². The van der Waals surface area contributed by atoms with E-state index in [-0.39, 0.29) is 5.60 Å². The fraction of sp³-hybridized carbons (Fsp3) is 0.714. The number of hydrogen-bond donors (Lipinski definition) is 2. The first kappa shape index (κ1) is 14.1. The van der Waals surface area contributed by atoms with Gasteiger partial charge in [0.1, 0.15) is 17.5 Å². The van der Waals surface area contributed by atoms with E-state index in [1.165, 1.54) is 0 Å². The molecule has 0 aromatic carbocycles. The summed E-state index contributed by atoms with van der Waals surface area (Å²) in [5, 5.41) is 6.66. The van der Waals surface area contributed by atoms with Crippen LogP contribution in [0.1, 0.15) is 38.1 Å². The van der Waals surface area contributed by atoms with Gasteiger partial charge >= 0.3 is 0 Å². The van der Waals surface area contributed by atoms with Crippen LogP contribution in [0.4, 0.5) is 11.6 Å². The summed E-state index contributed by atoms with van der Waals surface area (Å²) >= 11 is 0. The molecule has 106 valence electrons. The summed E-state index contributed by atoms with van der Waals surface area (Å²) in [6, 6.07) is 0.404. The number of hydrogen-bond acceptors (Lipinski definition) is 5. The van der Waals surface area contributed by atoms with E-state index in [0.29, 0.717) is 6.04 Å². The number of nitrogens with one attached hydrogen (secondary N) is 2. The van der Waals surface area contributed by atoms with E-state index in [0.717, 1.165) is 42.5 Å². The highest BCUT2D eigenvalue weighted by molar-refractivity contribution is 5.57. The molecule has 0 radical (unpaired) electrons. The molecule has 2 rings (SSSR count). The van der Waals surface area contributed by atoms with Crippen molar-refractivity contribution in [3.63, 3.8) is 0 Å². The third-order valence-electron chi connectivity index (χ3n) is 3.53. The molecule has 1 unspecified atom stereocenters. The molecule has 1 fully saturated rings. The second-order valence-corrected chi connectivity index (χ2v) is 5.79. The Labute approximate surface area is 115 Å². The smallest absolute Gasteiger partial charge is 0.134 e. The summed E-state index contributed by atoms with van der Waals surface area (Å²) in [5.41, 5.74) is 1.01. The van der Waals surface area contributed by atoms with Crippen molar-refractivity contribution >= 4 is 11.6 Å². The summed E-state index contributed by atoms with van der Waals surface area (Å²) in [4.78, 5) is 8.91. The number of ether oxygens (including phenoxy) is 1. The molecule has 2 heterocycles. The topological polar surface area (TPSA) is 59.1 Å². The van der Waals surface area contributed by atoms with Crippen LogP contribution in [0.15, 0.2) is 0 Å². The van der Waals surface area contributed by atoms with Crippen molar-refractivity contribution in [2.45, 2.75) is 52.2 Å². The SMILES string of the molecule is CNc1nc(C)nc(NC2CCOC(C)(C)C2)c1C. The molecule has 5 heteroatoms. The van der Waals surface area contributed by atoms with Crippen LogP contribution in [-0.4, -0.2) is 35.3 Å². The molecule has 1 aromatic heterocycles. The van der Waals surface area contributed by atoms with Crippen LogP contribution in [0.25, 0.3) is 0 Å². The third-order valence-corrected chi connectivity index (χ3v) is 3.53. The summed E-state index contributed by atoms with van der Waals surface area (Å²) in [7, 11) is 1.89. The van der Waals surface area contributed by atoms with Gasteiger partial charge in [0.2, 0.25) is 0 Å². The maximum Gasteiger partial charge on any atom is 0.134 e. The number of anilines is 2. The van der Waals surface area contributed by atoms with Crippen LogP contribution in [0.3, 0.4) is 0 Å². The van der Waals surface area contributed by atoms with Crippen LogP contribution >= 0.6 is 0 Å². The van der Waals surface area contributed by atoms with Gasteiger partial charge < -0.3 is 15.4 Å². The Kier molecular flexibility index (Phi) is 3.94. The molecule has 2 N–H and O–H groups in total. The molecule has 1 aliphatic heterocycles. The molecule has 0 spiro atoms. The van der Waals surface area contributed by atoms with Gasteiger partial charge in [-0.3, -0.25) is 0 Å². The molecule has 0 bridgehead atoms. The van der Waals surface area contributed by atoms with Crippen LogP contribution in [-0.2, 0) is 4.74 Å². The molecule has 1 atom stereocenters. The molecule has 1 aromatic rings. The maximum atomic E-state index is 5.75. The van der Waals surface area contributed by atoms with Crippen LogP contribution in [0, 0.1) is 13.8 Å². The molecule has 19 heavy (non-hydrogen) atoms. The Hall–Kier alpha value is -1.36. The van der Waals surface area contributed by atoms with E-state index in [2.05, 4.69) is 34.4 Å². The molecule has 0 saturated carbocycles. The zero-order chi connectivity index (χ0) is 14.0. The summed E-state index contributed by atoms with van der Waals surface area (Å²) in [6.07, 6.45) is 2.01. The standard InChI is InChI=1S/C14H24N4O/c1-9-12(15-5)16-10(2)17-13(9)18-11-6-7-19-14(3,4)8-11/h11H,6-8H2,1-5H3,(H2,15,16,17,18). The summed E-state index contributed by atoms with van der Waals surface area (Å²) in [6.45, 7) is 9.03. The lowest BCUT2D eigenvalue weighted by Gasteiger charge is -2.36. The van der Waals surface area contributed by atoms with Gasteiger partial charge in [-0.1, -0.05) is 0 Å². The van der Waals surface area contributed by atoms with Crippen LogP contribution in [0.5, 0.6) is 0 Å². The Balaban J connectivity index is 2.17. The zero-order valence-corrected chi connectivity index (χ0v) is 12.5. The Morgan fingerprint density at radius 3 is 2.53 bits per heavy atom. The largest absolute Gasteiger partial charge is 0.375 e. The number of aryl methyl sites for hydroxylation is 1. The van der Waals surface area contributed by atoms with E-state index in [9.17, 15) is 0 Å². The lowest BCUT2D eigenvalue weighted by molar-refractivity contribution is -0.0553. The first-order valence-electron chi connectivity index (χ1n) is 6.85. The maximum absolute atomic E-state index is 5.75. The fourth-order valence-electron chi connectivity index (χ4n) is 2.56. The first-order chi connectivity index (χ1) is 8.91. The van der Waals surface area contributed by atoms with Gasteiger partial charge in [0, 0.05) is 25.3 Å². The minimum atomic E-state index is -0.0578. The molecular formula is C14H24N4O. The fourth-order valence-corrected chi connectivity index (χ4v) is 2.56. The average molecular weight is 264 g/mol. The normalized spacial score (nSPS) is 22.1. The van der Waals surface area contributed by atoms with E-state index in [4.69, 9.17) is 4.74 Å². The number of aromatic nitrogens is 2. The Bertz CT molecular complexity index is 459.